The fourth-order valence-corrected chi connectivity index (χ4v) is 2.64. The Bertz CT molecular complexity index is 528. The fraction of sp³-hybridized carbons (Fsp3) is 0.500. The Hall–Kier alpha value is -1.79. The molecule has 0 unspecified atom stereocenters. The summed E-state index contributed by atoms with van der Waals surface area (Å²) in [5.41, 5.74) is 0.697. The van der Waals surface area contributed by atoms with Crippen molar-refractivity contribution in [3.05, 3.63) is 29.3 Å². The SMILES string of the molecule is O=C(NCCCO)C1CCN(C(=O)Nc2ccc(Cl)cc2)CC1. The largest absolute Gasteiger partial charge is 0.396 e. The van der Waals surface area contributed by atoms with Gasteiger partial charge in [0.1, 0.15) is 0 Å². The Morgan fingerprint density at radius 2 is 1.87 bits per heavy atom. The minimum atomic E-state index is -0.161. The highest BCUT2D eigenvalue weighted by Gasteiger charge is 2.27. The van der Waals surface area contributed by atoms with Crippen LogP contribution < -0.4 is 10.6 Å². The number of aliphatic hydroxyl groups is 1. The summed E-state index contributed by atoms with van der Waals surface area (Å²) in [5.74, 6) is -0.0514. The molecule has 0 aromatic heterocycles. The van der Waals surface area contributed by atoms with Gasteiger partial charge in [-0.2, -0.15) is 0 Å². The van der Waals surface area contributed by atoms with Gasteiger partial charge in [0.15, 0.2) is 0 Å². The van der Waals surface area contributed by atoms with E-state index in [2.05, 4.69) is 10.6 Å². The number of rotatable bonds is 5. The zero-order valence-electron chi connectivity index (χ0n) is 12.9. The Labute approximate surface area is 140 Å². The molecule has 1 aliphatic heterocycles. The molecule has 3 N–H and O–H groups in total. The Balaban J connectivity index is 1.76. The zero-order chi connectivity index (χ0) is 16.7. The molecule has 3 amide bonds. The predicted octanol–water partition coefficient (Wildman–Crippen LogP) is 2.08. The summed E-state index contributed by atoms with van der Waals surface area (Å²) in [7, 11) is 0. The standard InChI is InChI=1S/C16H22ClN3O3/c17-13-2-4-14(5-3-13)19-16(23)20-9-6-12(7-10-20)15(22)18-8-1-11-21/h2-5,12,21H,1,6-11H2,(H,18,22)(H,19,23). The molecule has 7 heteroatoms. The van der Waals surface area contributed by atoms with Crippen LogP contribution in [0, 0.1) is 5.92 Å². The molecule has 1 fully saturated rings. The van der Waals surface area contributed by atoms with E-state index in [0.717, 1.165) is 0 Å². The number of amides is 3. The lowest BCUT2D eigenvalue weighted by Crippen LogP contribution is -2.44. The van der Waals surface area contributed by atoms with Gasteiger partial charge in [0.25, 0.3) is 0 Å². The third-order valence-corrected chi connectivity index (χ3v) is 4.13. The summed E-state index contributed by atoms with van der Waals surface area (Å²) in [5, 5.41) is 15.0. The van der Waals surface area contributed by atoms with Gasteiger partial charge in [-0.05, 0) is 43.5 Å². The van der Waals surface area contributed by atoms with E-state index >= 15 is 0 Å². The summed E-state index contributed by atoms with van der Waals surface area (Å²) in [4.78, 5) is 25.9. The van der Waals surface area contributed by atoms with Gasteiger partial charge in [-0.3, -0.25) is 4.79 Å². The molecule has 6 nitrogen and oxygen atoms in total. The molecular formula is C16H22ClN3O3. The minimum absolute atomic E-state index is 0.0104. The lowest BCUT2D eigenvalue weighted by molar-refractivity contribution is -0.126. The van der Waals surface area contributed by atoms with E-state index in [1.807, 2.05) is 0 Å². The van der Waals surface area contributed by atoms with Crippen LogP contribution in [0.15, 0.2) is 24.3 Å². The Morgan fingerprint density at radius 3 is 2.48 bits per heavy atom. The number of piperidine rings is 1. The second-order valence-electron chi connectivity index (χ2n) is 5.57. The van der Waals surface area contributed by atoms with Gasteiger partial charge in [0.05, 0.1) is 0 Å². The molecule has 2 rings (SSSR count). The van der Waals surface area contributed by atoms with E-state index in [1.165, 1.54) is 0 Å². The smallest absolute Gasteiger partial charge is 0.321 e. The van der Waals surface area contributed by atoms with E-state index in [4.69, 9.17) is 16.7 Å². The number of anilines is 1. The first-order chi connectivity index (χ1) is 11.1. The molecule has 126 valence electrons. The van der Waals surface area contributed by atoms with Crippen molar-refractivity contribution in [3.63, 3.8) is 0 Å². The van der Waals surface area contributed by atoms with E-state index in [0.29, 0.717) is 49.6 Å². The number of hydrogen-bond acceptors (Lipinski definition) is 3. The summed E-state index contributed by atoms with van der Waals surface area (Å²) in [6.45, 7) is 1.67. The third kappa shape index (κ3) is 5.41. The minimum Gasteiger partial charge on any atom is -0.396 e. The fourth-order valence-electron chi connectivity index (χ4n) is 2.52. The van der Waals surface area contributed by atoms with Crippen molar-refractivity contribution in [2.24, 2.45) is 5.92 Å². The van der Waals surface area contributed by atoms with Crippen molar-refractivity contribution in [1.82, 2.24) is 10.2 Å². The van der Waals surface area contributed by atoms with E-state index in [9.17, 15) is 9.59 Å². The monoisotopic (exact) mass is 339 g/mol. The highest BCUT2D eigenvalue weighted by molar-refractivity contribution is 6.30. The van der Waals surface area contributed by atoms with Crippen molar-refractivity contribution < 1.29 is 14.7 Å². The van der Waals surface area contributed by atoms with Crippen LogP contribution in [0.4, 0.5) is 10.5 Å². The maximum absolute atomic E-state index is 12.2. The van der Waals surface area contributed by atoms with Crippen molar-refractivity contribution in [2.75, 3.05) is 31.6 Å². The lowest BCUT2D eigenvalue weighted by Gasteiger charge is -2.31. The second-order valence-corrected chi connectivity index (χ2v) is 6.00. The molecule has 1 aromatic carbocycles. The van der Waals surface area contributed by atoms with Gasteiger partial charge in [0, 0.05) is 42.9 Å². The summed E-state index contributed by atoms with van der Waals surface area (Å²) in [6.07, 6.45) is 1.87. The van der Waals surface area contributed by atoms with Crippen LogP contribution in [0.25, 0.3) is 0 Å². The van der Waals surface area contributed by atoms with Gasteiger partial charge in [0.2, 0.25) is 5.91 Å². The second kappa shape index (κ2) is 8.74. The van der Waals surface area contributed by atoms with Crippen LogP contribution in [-0.2, 0) is 4.79 Å². The maximum atomic E-state index is 12.2. The number of hydrogen-bond donors (Lipinski definition) is 3. The maximum Gasteiger partial charge on any atom is 0.321 e. The average molecular weight is 340 g/mol. The highest BCUT2D eigenvalue weighted by atomic mass is 35.5. The van der Waals surface area contributed by atoms with E-state index < -0.39 is 0 Å². The van der Waals surface area contributed by atoms with Gasteiger partial charge >= 0.3 is 6.03 Å². The van der Waals surface area contributed by atoms with E-state index in [-0.39, 0.29) is 24.5 Å². The molecular weight excluding hydrogens is 318 g/mol. The lowest BCUT2D eigenvalue weighted by atomic mass is 9.96. The number of carbonyl (C=O) groups excluding carboxylic acids is 2. The normalized spacial score (nSPS) is 15.3. The first-order valence-electron chi connectivity index (χ1n) is 7.80. The first-order valence-corrected chi connectivity index (χ1v) is 8.18. The van der Waals surface area contributed by atoms with Crippen molar-refractivity contribution in [3.8, 4) is 0 Å². The number of nitrogens with zero attached hydrogens (tertiary/aromatic N) is 1. The van der Waals surface area contributed by atoms with Gasteiger partial charge < -0.3 is 20.6 Å². The third-order valence-electron chi connectivity index (χ3n) is 3.88. The molecule has 0 aliphatic carbocycles. The number of likely N-dealkylation sites (tertiary alicyclic amines) is 1. The summed E-state index contributed by atoms with van der Waals surface area (Å²) >= 11 is 5.81. The molecule has 0 bridgehead atoms. The van der Waals surface area contributed by atoms with Crippen LogP contribution >= 0.6 is 11.6 Å². The zero-order valence-corrected chi connectivity index (χ0v) is 13.7. The molecule has 23 heavy (non-hydrogen) atoms. The Morgan fingerprint density at radius 1 is 1.22 bits per heavy atom. The molecule has 1 saturated heterocycles. The van der Waals surface area contributed by atoms with Crippen molar-refractivity contribution in [1.29, 1.82) is 0 Å². The summed E-state index contributed by atoms with van der Waals surface area (Å²) in [6, 6.07) is 6.79. The molecule has 1 heterocycles. The van der Waals surface area contributed by atoms with Crippen LogP contribution in [-0.4, -0.2) is 48.2 Å². The number of benzene rings is 1. The van der Waals surface area contributed by atoms with Crippen LogP contribution in [0.1, 0.15) is 19.3 Å². The van der Waals surface area contributed by atoms with Gasteiger partial charge in [-0.15, -0.1) is 0 Å². The number of aliphatic hydroxyl groups excluding tert-OH is 1. The first kappa shape index (κ1) is 17.6. The molecule has 0 spiro atoms. The number of urea groups is 1. The van der Waals surface area contributed by atoms with Crippen LogP contribution in [0.5, 0.6) is 0 Å². The van der Waals surface area contributed by atoms with Crippen LogP contribution in [0.3, 0.4) is 0 Å². The molecule has 0 atom stereocenters. The Kier molecular flexibility index (Phi) is 6.67. The number of nitrogens with one attached hydrogen (secondary N) is 2. The van der Waals surface area contributed by atoms with E-state index in [1.54, 1.807) is 29.2 Å². The van der Waals surface area contributed by atoms with Crippen molar-refractivity contribution in [2.45, 2.75) is 19.3 Å². The number of carbonyl (C=O) groups is 2. The molecule has 0 radical (unpaired) electrons. The average Bonchev–Trinajstić information content (AvgIpc) is 2.57. The summed E-state index contributed by atoms with van der Waals surface area (Å²) < 4.78 is 0. The molecule has 1 aromatic rings. The van der Waals surface area contributed by atoms with Gasteiger partial charge in [-0.25, -0.2) is 4.79 Å². The predicted molar refractivity (Wildman–Crippen MR) is 89.5 cm³/mol. The molecule has 1 aliphatic rings. The van der Waals surface area contributed by atoms with Crippen LogP contribution in [0.2, 0.25) is 5.02 Å². The van der Waals surface area contributed by atoms with Gasteiger partial charge in [-0.1, -0.05) is 11.6 Å². The molecule has 0 saturated carbocycles. The van der Waals surface area contributed by atoms with Crippen molar-refractivity contribution >= 4 is 29.2 Å². The topological polar surface area (TPSA) is 81.7 Å². The highest BCUT2D eigenvalue weighted by Crippen LogP contribution is 2.19. The number of halogens is 1. The quantitative estimate of drug-likeness (QED) is 0.718.